The van der Waals surface area contributed by atoms with Crippen LogP contribution in [0.25, 0.3) is 0 Å². The minimum Gasteiger partial charge on any atom is -0.395 e. The van der Waals surface area contributed by atoms with Crippen LogP contribution >= 0.6 is 79.1 Å². The molecule has 0 spiro atoms. The zero-order valence-electron chi connectivity index (χ0n) is 13.3. The highest BCUT2D eigenvalue weighted by molar-refractivity contribution is 8.76. The summed E-state index contributed by atoms with van der Waals surface area (Å²) >= 11 is 4.63. The summed E-state index contributed by atoms with van der Waals surface area (Å²) in [7, 11) is 11.6. The molecule has 0 radical (unpaired) electrons. The van der Waals surface area contributed by atoms with E-state index in [1.165, 1.54) is 24.1 Å². The molecule has 0 unspecified atom stereocenters. The van der Waals surface area contributed by atoms with E-state index in [0.717, 1.165) is 31.1 Å². The van der Waals surface area contributed by atoms with Gasteiger partial charge in [0.05, 0.1) is 19.8 Å². The maximum atomic E-state index is 8.16. The highest BCUT2D eigenvalue weighted by atomic mass is 36.5. The largest absolute Gasteiger partial charge is 0.395 e. The van der Waals surface area contributed by atoms with E-state index in [2.05, 4.69) is 28.6 Å². The van der Waals surface area contributed by atoms with Crippen LogP contribution in [-0.4, -0.2) is 61.5 Å². The van der Waals surface area contributed by atoms with Crippen LogP contribution in [0.15, 0.2) is 0 Å². The van der Waals surface area contributed by atoms with Crippen molar-refractivity contribution in [1.82, 2.24) is 0 Å². The Labute approximate surface area is 161 Å². The maximum absolute atomic E-state index is 8.16. The number of halogens is 2. The SMILES string of the molecule is CCCOSCCOSC.CSC.CSSCCO.ClCl. The smallest absolute Gasteiger partial charge is 0.0726 e. The van der Waals surface area contributed by atoms with Gasteiger partial charge in [-0.25, -0.2) is 0 Å². The first-order valence-electron chi connectivity index (χ1n) is 5.95. The second-order valence-corrected chi connectivity index (χ2v) is 7.70. The topological polar surface area (TPSA) is 38.7 Å². The number of thioether (sulfide) groups is 1. The van der Waals surface area contributed by atoms with Crippen LogP contribution in [0.2, 0.25) is 0 Å². The fourth-order valence-corrected chi connectivity index (χ4v) is 2.35. The lowest BCUT2D eigenvalue weighted by atomic mass is 10.5. The first kappa shape index (κ1) is 31.0. The van der Waals surface area contributed by atoms with Crippen molar-refractivity contribution in [2.75, 3.05) is 56.3 Å². The van der Waals surface area contributed by atoms with Crippen molar-refractivity contribution in [3.8, 4) is 0 Å². The Kier molecular flexibility index (Phi) is 63.8. The lowest BCUT2D eigenvalue weighted by molar-refractivity contribution is 0.323. The van der Waals surface area contributed by atoms with E-state index in [1.807, 2.05) is 25.0 Å². The third kappa shape index (κ3) is 60.8. The van der Waals surface area contributed by atoms with Gasteiger partial charge < -0.3 is 13.5 Å². The third-order valence-electron chi connectivity index (χ3n) is 1.03. The van der Waals surface area contributed by atoms with Crippen molar-refractivity contribution in [1.29, 1.82) is 0 Å². The highest BCUT2D eigenvalue weighted by Crippen LogP contribution is 2.14. The Hall–Kier alpha value is 2.21. The van der Waals surface area contributed by atoms with Gasteiger partial charge in [-0.3, -0.25) is 0 Å². The fourth-order valence-electron chi connectivity index (χ4n) is 0.473. The summed E-state index contributed by atoms with van der Waals surface area (Å²) in [6, 6.07) is 0. The quantitative estimate of drug-likeness (QED) is 0.264. The number of rotatable bonds is 10. The van der Waals surface area contributed by atoms with Gasteiger partial charge in [-0.15, -0.1) is 0 Å². The van der Waals surface area contributed by atoms with Crippen molar-refractivity contribution < 1.29 is 13.5 Å². The standard InChI is InChI=1S/C6H14O2S2.C3H8OS2.C2H6S.Cl2/c1-3-4-8-10-6-5-7-9-2;1-5-6-3-2-4;1-3-2;1-2/h3-6H2,1-2H3;4H,2-3H2,1H3;1-2H3;. The molecule has 0 rings (SSSR count). The average molecular weight is 440 g/mol. The van der Waals surface area contributed by atoms with Crippen molar-refractivity contribution in [2.45, 2.75) is 13.3 Å². The molecule has 1 N–H and O–H groups in total. The molecule has 0 aromatic rings. The molecular formula is C11H28Cl2O3S5. The minimum absolute atomic E-state index is 0.297. The van der Waals surface area contributed by atoms with E-state index in [4.69, 9.17) is 13.5 Å². The summed E-state index contributed by atoms with van der Waals surface area (Å²) in [5.74, 6) is 1.77. The molecule has 0 heterocycles. The molecule has 134 valence electrons. The molecule has 0 aliphatic carbocycles. The van der Waals surface area contributed by atoms with Crippen LogP contribution in [0.3, 0.4) is 0 Å². The second-order valence-electron chi connectivity index (χ2n) is 2.75. The molecular weight excluding hydrogens is 411 g/mol. The van der Waals surface area contributed by atoms with Crippen molar-refractivity contribution in [3.63, 3.8) is 0 Å². The molecule has 0 saturated heterocycles. The zero-order valence-corrected chi connectivity index (χ0v) is 18.9. The van der Waals surface area contributed by atoms with E-state index >= 15 is 0 Å². The first-order valence-corrected chi connectivity index (χ1v) is 13.5. The molecule has 0 atom stereocenters. The molecule has 3 nitrogen and oxygen atoms in total. The van der Waals surface area contributed by atoms with E-state index < -0.39 is 0 Å². The normalized spacial score (nSPS) is 8.57. The minimum atomic E-state index is 0.297. The predicted octanol–water partition coefficient (Wildman–Crippen LogP) is 5.70. The molecule has 10 heteroatoms. The Bertz CT molecular complexity index is 120. The van der Waals surface area contributed by atoms with Gasteiger partial charge in [-0.1, -0.05) is 28.5 Å². The van der Waals surface area contributed by atoms with Gasteiger partial charge in [0.1, 0.15) is 0 Å². The second kappa shape index (κ2) is 43.2. The maximum Gasteiger partial charge on any atom is 0.0726 e. The number of aliphatic hydroxyl groups excluding tert-OH is 1. The van der Waals surface area contributed by atoms with Crippen molar-refractivity contribution in [3.05, 3.63) is 0 Å². The Morgan fingerprint density at radius 2 is 1.52 bits per heavy atom. The zero-order chi connectivity index (χ0) is 17.2. The van der Waals surface area contributed by atoms with E-state index in [9.17, 15) is 0 Å². The van der Waals surface area contributed by atoms with Crippen molar-refractivity contribution >= 4 is 79.1 Å². The lowest BCUT2D eigenvalue weighted by Crippen LogP contribution is -1.91. The Morgan fingerprint density at radius 1 is 0.952 bits per heavy atom. The van der Waals surface area contributed by atoms with Gasteiger partial charge in [0, 0.05) is 39.5 Å². The van der Waals surface area contributed by atoms with Gasteiger partial charge in [-0.2, -0.15) is 11.8 Å². The van der Waals surface area contributed by atoms with Crippen LogP contribution in [0, 0.1) is 0 Å². The molecule has 0 aliphatic rings. The molecule has 21 heavy (non-hydrogen) atoms. The predicted molar refractivity (Wildman–Crippen MR) is 112 cm³/mol. The molecule has 0 fully saturated rings. The average Bonchev–Trinajstić information content (AvgIpc) is 2.52. The van der Waals surface area contributed by atoms with Gasteiger partial charge >= 0.3 is 0 Å². The fraction of sp³-hybridized carbons (Fsp3) is 1.00. The molecule has 0 aromatic carbocycles. The van der Waals surface area contributed by atoms with Crippen LogP contribution in [0.5, 0.6) is 0 Å². The Balaban J connectivity index is -0.000000112. The van der Waals surface area contributed by atoms with E-state index in [0.29, 0.717) is 6.61 Å². The van der Waals surface area contributed by atoms with Gasteiger partial charge in [0.2, 0.25) is 0 Å². The lowest BCUT2D eigenvalue weighted by Gasteiger charge is -1.99. The molecule has 0 saturated carbocycles. The van der Waals surface area contributed by atoms with E-state index in [1.54, 1.807) is 33.3 Å². The molecule has 0 aromatic heterocycles. The van der Waals surface area contributed by atoms with Crippen molar-refractivity contribution in [2.24, 2.45) is 0 Å². The van der Waals surface area contributed by atoms with Crippen LogP contribution in [0.1, 0.15) is 13.3 Å². The summed E-state index contributed by atoms with van der Waals surface area (Å²) in [6.07, 6.45) is 9.08. The monoisotopic (exact) mass is 438 g/mol. The number of hydrogen-bond acceptors (Lipinski definition) is 8. The first-order chi connectivity index (χ1) is 10.2. The number of aliphatic hydroxyl groups is 1. The van der Waals surface area contributed by atoms with Gasteiger partial charge in [-0.05, 0) is 49.3 Å². The third-order valence-corrected chi connectivity index (χ3v) is 3.89. The van der Waals surface area contributed by atoms with E-state index in [-0.39, 0.29) is 0 Å². The Morgan fingerprint density at radius 3 is 1.86 bits per heavy atom. The molecule has 0 bridgehead atoms. The summed E-state index contributed by atoms with van der Waals surface area (Å²) in [5.41, 5.74) is 0. The summed E-state index contributed by atoms with van der Waals surface area (Å²) < 4.78 is 10.2. The summed E-state index contributed by atoms with van der Waals surface area (Å²) in [4.78, 5) is 0. The molecule has 0 aliphatic heterocycles. The van der Waals surface area contributed by atoms with Crippen LogP contribution in [0.4, 0.5) is 0 Å². The number of hydrogen-bond donors (Lipinski definition) is 1. The highest BCUT2D eigenvalue weighted by Gasteiger charge is 1.88. The van der Waals surface area contributed by atoms with Crippen LogP contribution in [-0.2, 0) is 8.37 Å². The van der Waals surface area contributed by atoms with Crippen LogP contribution < -0.4 is 0 Å². The summed E-state index contributed by atoms with van der Waals surface area (Å²) in [6.45, 7) is 3.99. The van der Waals surface area contributed by atoms with Gasteiger partial charge in [0.25, 0.3) is 0 Å². The van der Waals surface area contributed by atoms with Gasteiger partial charge in [0.15, 0.2) is 0 Å². The summed E-state index contributed by atoms with van der Waals surface area (Å²) in [5, 5.41) is 8.16. The molecule has 0 amide bonds.